The Morgan fingerprint density at radius 3 is 2.89 bits per heavy atom. The fourth-order valence-electron chi connectivity index (χ4n) is 5.01. The van der Waals surface area contributed by atoms with Crippen molar-refractivity contribution in [3.63, 3.8) is 0 Å². The van der Waals surface area contributed by atoms with Crippen molar-refractivity contribution in [2.24, 2.45) is 0 Å². The minimum absolute atomic E-state index is 0.0763. The SMILES string of the molecule is C=C1COc2cc3c(cc21)C1(CO3)C(=O)N(C[C@H]2CCCO2)c2ccccc21. The van der Waals surface area contributed by atoms with Crippen LogP contribution < -0.4 is 14.4 Å². The summed E-state index contributed by atoms with van der Waals surface area (Å²) in [5.41, 5.74) is 4.02. The van der Waals surface area contributed by atoms with Crippen LogP contribution in [0.25, 0.3) is 5.57 Å². The van der Waals surface area contributed by atoms with Gasteiger partial charge in [0.1, 0.15) is 30.1 Å². The van der Waals surface area contributed by atoms with Gasteiger partial charge in [0.15, 0.2) is 0 Å². The van der Waals surface area contributed by atoms with E-state index in [1.165, 1.54) is 0 Å². The van der Waals surface area contributed by atoms with Crippen molar-refractivity contribution in [2.75, 3.05) is 31.3 Å². The van der Waals surface area contributed by atoms with E-state index in [-0.39, 0.29) is 12.0 Å². The zero-order chi connectivity index (χ0) is 18.9. The average molecular weight is 375 g/mol. The van der Waals surface area contributed by atoms with Gasteiger partial charge < -0.3 is 19.1 Å². The fourth-order valence-corrected chi connectivity index (χ4v) is 5.01. The highest BCUT2D eigenvalue weighted by Crippen LogP contribution is 2.54. The standard InChI is InChI=1S/C23H21NO4/c1-14-12-27-20-10-21-18(9-16(14)20)23(13-28-21)17-6-2-3-7-19(17)24(22(23)25)11-15-5-4-8-26-15/h2-3,6-7,9-10,15H,1,4-5,8,11-13H2/t15-,23?/m1/s1. The summed E-state index contributed by atoms with van der Waals surface area (Å²) in [7, 11) is 0. The number of anilines is 1. The van der Waals surface area contributed by atoms with Crippen LogP contribution in [0.4, 0.5) is 5.69 Å². The maximum Gasteiger partial charge on any atom is 0.245 e. The van der Waals surface area contributed by atoms with Crippen LogP contribution in [0.15, 0.2) is 43.0 Å². The van der Waals surface area contributed by atoms with Gasteiger partial charge in [-0.05, 0) is 36.1 Å². The topological polar surface area (TPSA) is 48.0 Å². The first-order valence-corrected chi connectivity index (χ1v) is 9.84. The Morgan fingerprint density at radius 2 is 2.04 bits per heavy atom. The minimum atomic E-state index is -0.803. The van der Waals surface area contributed by atoms with E-state index in [9.17, 15) is 4.79 Å². The van der Waals surface area contributed by atoms with Crippen molar-refractivity contribution in [2.45, 2.75) is 24.4 Å². The molecule has 1 amide bonds. The lowest BCUT2D eigenvalue weighted by molar-refractivity contribution is -0.122. The number of hydrogen-bond acceptors (Lipinski definition) is 4. The van der Waals surface area contributed by atoms with E-state index in [4.69, 9.17) is 14.2 Å². The second kappa shape index (κ2) is 5.61. The first-order valence-electron chi connectivity index (χ1n) is 9.84. The number of nitrogens with zero attached hydrogens (tertiary/aromatic N) is 1. The average Bonchev–Trinajstić information content (AvgIpc) is 3.47. The largest absolute Gasteiger partial charge is 0.491 e. The molecule has 4 aliphatic heterocycles. The summed E-state index contributed by atoms with van der Waals surface area (Å²) in [6, 6.07) is 12.0. The van der Waals surface area contributed by atoms with E-state index in [0.29, 0.717) is 19.8 Å². The molecular weight excluding hydrogens is 354 g/mol. The Labute approximate surface area is 163 Å². The molecular formula is C23H21NO4. The summed E-state index contributed by atoms with van der Waals surface area (Å²) in [4.78, 5) is 15.8. The zero-order valence-electron chi connectivity index (χ0n) is 15.6. The third-order valence-electron chi connectivity index (χ3n) is 6.44. The van der Waals surface area contributed by atoms with Gasteiger partial charge in [0.05, 0.1) is 12.6 Å². The third-order valence-corrected chi connectivity index (χ3v) is 6.44. The second-order valence-electron chi connectivity index (χ2n) is 8.00. The van der Waals surface area contributed by atoms with Gasteiger partial charge in [0.2, 0.25) is 5.91 Å². The first kappa shape index (κ1) is 16.2. The Hall–Kier alpha value is -2.79. The van der Waals surface area contributed by atoms with Gasteiger partial charge in [-0.25, -0.2) is 0 Å². The summed E-state index contributed by atoms with van der Waals surface area (Å²) >= 11 is 0. The van der Waals surface area contributed by atoms with E-state index in [0.717, 1.165) is 58.9 Å². The van der Waals surface area contributed by atoms with Gasteiger partial charge in [0.25, 0.3) is 0 Å². The lowest BCUT2D eigenvalue weighted by Crippen LogP contribution is -2.45. The molecule has 5 heteroatoms. The molecule has 4 heterocycles. The summed E-state index contributed by atoms with van der Waals surface area (Å²) in [6.45, 7) is 6.28. The Morgan fingerprint density at radius 1 is 1.14 bits per heavy atom. The van der Waals surface area contributed by atoms with E-state index < -0.39 is 5.41 Å². The lowest BCUT2D eigenvalue weighted by atomic mass is 9.76. The number of hydrogen-bond donors (Lipinski definition) is 0. The van der Waals surface area contributed by atoms with E-state index in [1.807, 2.05) is 29.2 Å². The quantitative estimate of drug-likeness (QED) is 0.808. The van der Waals surface area contributed by atoms with Crippen molar-refractivity contribution < 1.29 is 19.0 Å². The number of para-hydroxylation sites is 1. The monoisotopic (exact) mass is 375 g/mol. The van der Waals surface area contributed by atoms with Crippen molar-refractivity contribution in [1.82, 2.24) is 0 Å². The van der Waals surface area contributed by atoms with Gasteiger partial charge in [-0.2, -0.15) is 0 Å². The predicted molar refractivity (Wildman–Crippen MR) is 105 cm³/mol. The molecule has 28 heavy (non-hydrogen) atoms. The van der Waals surface area contributed by atoms with Crippen LogP contribution >= 0.6 is 0 Å². The summed E-state index contributed by atoms with van der Waals surface area (Å²) < 4.78 is 17.6. The molecule has 2 aromatic rings. The maximum atomic E-state index is 13.9. The molecule has 142 valence electrons. The molecule has 0 bridgehead atoms. The number of rotatable bonds is 2. The molecule has 0 radical (unpaired) electrons. The molecule has 1 spiro atoms. The van der Waals surface area contributed by atoms with E-state index in [1.54, 1.807) is 0 Å². The number of benzene rings is 2. The number of amides is 1. The molecule has 1 saturated heterocycles. The van der Waals surface area contributed by atoms with Crippen molar-refractivity contribution in [3.05, 3.63) is 59.7 Å². The highest BCUT2D eigenvalue weighted by Gasteiger charge is 2.57. The van der Waals surface area contributed by atoms with Crippen molar-refractivity contribution in [1.29, 1.82) is 0 Å². The van der Waals surface area contributed by atoms with E-state index in [2.05, 4.69) is 18.7 Å². The molecule has 2 atom stereocenters. The molecule has 0 aromatic heterocycles. The lowest BCUT2D eigenvalue weighted by Gasteiger charge is -2.25. The molecule has 6 rings (SSSR count). The fraction of sp³-hybridized carbons (Fsp3) is 0.348. The van der Waals surface area contributed by atoms with Gasteiger partial charge >= 0.3 is 0 Å². The van der Waals surface area contributed by atoms with Gasteiger partial charge in [-0.1, -0.05) is 24.8 Å². The Balaban J connectivity index is 1.51. The highest BCUT2D eigenvalue weighted by atomic mass is 16.5. The summed E-state index contributed by atoms with van der Waals surface area (Å²) in [5.74, 6) is 1.60. The molecule has 1 fully saturated rings. The van der Waals surface area contributed by atoms with Crippen LogP contribution in [-0.4, -0.2) is 38.4 Å². The molecule has 5 nitrogen and oxygen atoms in total. The molecule has 0 saturated carbocycles. The van der Waals surface area contributed by atoms with Crippen LogP contribution in [0.5, 0.6) is 11.5 Å². The smallest absolute Gasteiger partial charge is 0.245 e. The van der Waals surface area contributed by atoms with Crippen LogP contribution in [0.2, 0.25) is 0 Å². The highest BCUT2D eigenvalue weighted by molar-refractivity contribution is 6.11. The van der Waals surface area contributed by atoms with Crippen molar-refractivity contribution >= 4 is 17.2 Å². The molecule has 0 aliphatic carbocycles. The minimum Gasteiger partial charge on any atom is -0.491 e. The maximum absolute atomic E-state index is 13.9. The first-order chi connectivity index (χ1) is 13.7. The number of carbonyl (C=O) groups excluding carboxylic acids is 1. The molecule has 1 unspecified atom stereocenters. The van der Waals surface area contributed by atoms with Gasteiger partial charge in [0, 0.05) is 29.5 Å². The zero-order valence-corrected chi connectivity index (χ0v) is 15.6. The van der Waals surface area contributed by atoms with Gasteiger partial charge in [-0.15, -0.1) is 0 Å². The summed E-state index contributed by atoms with van der Waals surface area (Å²) in [5, 5.41) is 0. The molecule has 0 N–H and O–H groups in total. The van der Waals surface area contributed by atoms with Crippen molar-refractivity contribution in [3.8, 4) is 11.5 Å². The number of ether oxygens (including phenoxy) is 3. The van der Waals surface area contributed by atoms with Crippen LogP contribution in [0.1, 0.15) is 29.5 Å². The number of fused-ring (bicyclic) bond motifs is 5. The third kappa shape index (κ3) is 1.97. The molecule has 4 aliphatic rings. The summed E-state index contributed by atoms with van der Waals surface area (Å²) in [6.07, 6.45) is 2.15. The van der Waals surface area contributed by atoms with Gasteiger partial charge in [-0.3, -0.25) is 4.79 Å². The molecule has 2 aromatic carbocycles. The predicted octanol–water partition coefficient (Wildman–Crippen LogP) is 3.30. The second-order valence-corrected chi connectivity index (χ2v) is 8.00. The van der Waals surface area contributed by atoms with Crippen LogP contribution in [0, 0.1) is 0 Å². The van der Waals surface area contributed by atoms with Crippen LogP contribution in [0.3, 0.4) is 0 Å². The number of carbonyl (C=O) groups is 1. The van der Waals surface area contributed by atoms with Crippen LogP contribution in [-0.2, 0) is 14.9 Å². The van der Waals surface area contributed by atoms with E-state index >= 15 is 0 Å². The Kier molecular flexibility index (Phi) is 3.24. The normalized spacial score (nSPS) is 27.0. The Bertz CT molecular complexity index is 1020.